The van der Waals surface area contributed by atoms with Gasteiger partial charge in [-0.1, -0.05) is 30.3 Å². The van der Waals surface area contributed by atoms with E-state index in [-0.39, 0.29) is 0 Å². The van der Waals surface area contributed by atoms with Gasteiger partial charge < -0.3 is 9.15 Å². The molecule has 1 aromatic carbocycles. The Bertz CT molecular complexity index is 429. The van der Waals surface area contributed by atoms with Crippen LogP contribution >= 0.6 is 0 Å². The molecule has 0 aliphatic carbocycles. The Morgan fingerprint density at radius 1 is 1.20 bits per heavy atom. The Hall–Kier alpha value is -1.70. The summed E-state index contributed by atoms with van der Waals surface area (Å²) in [5.74, 6) is 1.68. The van der Waals surface area contributed by atoms with E-state index < -0.39 is 0 Å². The highest BCUT2D eigenvalue weighted by Gasteiger charge is 2.12. The molecule has 0 atom stereocenters. The number of hydrogen-bond acceptors (Lipinski definition) is 2. The second-order valence-electron chi connectivity index (χ2n) is 3.33. The number of furan rings is 1. The van der Waals surface area contributed by atoms with Crippen molar-refractivity contribution >= 4 is 0 Å². The molecule has 0 saturated carbocycles. The zero-order valence-corrected chi connectivity index (χ0v) is 8.99. The molecule has 0 spiro atoms. The van der Waals surface area contributed by atoms with Gasteiger partial charge in [-0.25, -0.2) is 0 Å². The van der Waals surface area contributed by atoms with Gasteiger partial charge >= 0.3 is 0 Å². The van der Waals surface area contributed by atoms with Crippen LogP contribution in [0.15, 0.2) is 41.0 Å². The summed E-state index contributed by atoms with van der Waals surface area (Å²) < 4.78 is 10.9. The van der Waals surface area contributed by atoms with Crippen molar-refractivity contribution in [2.24, 2.45) is 0 Å². The van der Waals surface area contributed by atoms with Gasteiger partial charge in [0.25, 0.3) is 0 Å². The molecule has 78 valence electrons. The average molecular weight is 202 g/mol. The third-order valence-electron chi connectivity index (χ3n) is 2.29. The molecule has 0 radical (unpaired) electrons. The molecule has 15 heavy (non-hydrogen) atoms. The lowest BCUT2D eigenvalue weighted by Gasteiger charge is -2.04. The number of aryl methyl sites for hydroxylation is 1. The molecule has 0 bridgehead atoms. The van der Waals surface area contributed by atoms with Crippen LogP contribution in [0.2, 0.25) is 0 Å². The maximum absolute atomic E-state index is 5.57. The fourth-order valence-electron chi connectivity index (χ4n) is 1.58. The second kappa shape index (κ2) is 4.22. The molecule has 2 nitrogen and oxygen atoms in total. The highest BCUT2D eigenvalue weighted by atomic mass is 16.5. The largest absolute Gasteiger partial charge is 0.490 e. The summed E-state index contributed by atoms with van der Waals surface area (Å²) in [6.45, 7) is 4.54. The molecule has 0 saturated heterocycles. The summed E-state index contributed by atoms with van der Waals surface area (Å²) in [5.41, 5.74) is 2.15. The Kier molecular flexibility index (Phi) is 2.77. The van der Waals surface area contributed by atoms with Gasteiger partial charge in [-0.05, 0) is 19.4 Å². The molecule has 0 aliphatic rings. The zero-order chi connectivity index (χ0) is 10.7. The predicted molar refractivity (Wildman–Crippen MR) is 60.1 cm³/mol. The Morgan fingerprint density at radius 2 is 1.93 bits per heavy atom. The number of hydrogen-bond donors (Lipinski definition) is 0. The van der Waals surface area contributed by atoms with Gasteiger partial charge in [-0.2, -0.15) is 0 Å². The highest BCUT2D eigenvalue weighted by Crippen LogP contribution is 2.34. The summed E-state index contributed by atoms with van der Waals surface area (Å²) >= 11 is 0. The lowest BCUT2D eigenvalue weighted by atomic mass is 10.1. The SMILES string of the molecule is CCOc1c(-c2ccccc2)coc1C. The van der Waals surface area contributed by atoms with Crippen LogP contribution in [0.4, 0.5) is 0 Å². The van der Waals surface area contributed by atoms with Crippen LogP contribution < -0.4 is 4.74 Å². The van der Waals surface area contributed by atoms with Crippen LogP contribution in [0.25, 0.3) is 11.1 Å². The summed E-state index contributed by atoms with van der Waals surface area (Å²) in [6, 6.07) is 10.1. The van der Waals surface area contributed by atoms with E-state index in [9.17, 15) is 0 Å². The minimum absolute atomic E-state index is 0.653. The van der Waals surface area contributed by atoms with Crippen LogP contribution in [-0.4, -0.2) is 6.61 Å². The average Bonchev–Trinajstić information content (AvgIpc) is 2.63. The van der Waals surface area contributed by atoms with E-state index in [0.29, 0.717) is 6.61 Å². The molecule has 0 N–H and O–H groups in total. The first-order chi connectivity index (χ1) is 7.33. The second-order valence-corrected chi connectivity index (χ2v) is 3.33. The molecular weight excluding hydrogens is 188 g/mol. The van der Waals surface area contributed by atoms with E-state index in [1.807, 2.05) is 44.2 Å². The maximum atomic E-state index is 5.57. The van der Waals surface area contributed by atoms with Crippen molar-refractivity contribution in [3.63, 3.8) is 0 Å². The lowest BCUT2D eigenvalue weighted by Crippen LogP contribution is -1.92. The third kappa shape index (κ3) is 1.89. The van der Waals surface area contributed by atoms with Gasteiger partial charge in [0.15, 0.2) is 5.75 Å². The summed E-state index contributed by atoms with van der Waals surface area (Å²) in [7, 11) is 0. The van der Waals surface area contributed by atoms with E-state index in [2.05, 4.69) is 0 Å². The molecule has 1 aromatic heterocycles. The Morgan fingerprint density at radius 3 is 2.60 bits per heavy atom. The van der Waals surface area contributed by atoms with Crippen molar-refractivity contribution in [2.75, 3.05) is 6.61 Å². The van der Waals surface area contributed by atoms with Crippen molar-refractivity contribution in [1.82, 2.24) is 0 Å². The normalized spacial score (nSPS) is 10.3. The van der Waals surface area contributed by atoms with Gasteiger partial charge in [-0.3, -0.25) is 0 Å². The molecule has 0 aliphatic heterocycles. The molecule has 0 amide bonds. The predicted octanol–water partition coefficient (Wildman–Crippen LogP) is 3.65. The van der Waals surface area contributed by atoms with Gasteiger partial charge in [0.1, 0.15) is 12.0 Å². The van der Waals surface area contributed by atoms with Crippen LogP contribution in [0.3, 0.4) is 0 Å². The first-order valence-corrected chi connectivity index (χ1v) is 5.09. The molecular formula is C13H14O2. The summed E-state index contributed by atoms with van der Waals surface area (Å²) in [4.78, 5) is 0. The Labute approximate surface area is 89.5 Å². The minimum atomic E-state index is 0.653. The molecule has 0 unspecified atom stereocenters. The highest BCUT2D eigenvalue weighted by molar-refractivity contribution is 5.70. The van der Waals surface area contributed by atoms with Crippen LogP contribution in [-0.2, 0) is 0 Å². The topological polar surface area (TPSA) is 22.4 Å². The van der Waals surface area contributed by atoms with E-state index in [0.717, 1.165) is 22.6 Å². The summed E-state index contributed by atoms with van der Waals surface area (Å²) in [5, 5.41) is 0. The maximum Gasteiger partial charge on any atom is 0.168 e. The number of ether oxygens (including phenoxy) is 1. The van der Waals surface area contributed by atoms with Gasteiger partial charge in [-0.15, -0.1) is 0 Å². The van der Waals surface area contributed by atoms with Crippen molar-refractivity contribution < 1.29 is 9.15 Å². The van der Waals surface area contributed by atoms with E-state index in [4.69, 9.17) is 9.15 Å². The fraction of sp³-hybridized carbons (Fsp3) is 0.231. The smallest absolute Gasteiger partial charge is 0.168 e. The number of benzene rings is 1. The van der Waals surface area contributed by atoms with Gasteiger partial charge in [0.2, 0.25) is 0 Å². The van der Waals surface area contributed by atoms with Crippen molar-refractivity contribution in [3.8, 4) is 16.9 Å². The standard InChI is InChI=1S/C13H14O2/c1-3-14-13-10(2)15-9-12(13)11-7-5-4-6-8-11/h4-9H,3H2,1-2H3. The third-order valence-corrected chi connectivity index (χ3v) is 2.29. The number of rotatable bonds is 3. The van der Waals surface area contributed by atoms with Crippen molar-refractivity contribution in [1.29, 1.82) is 0 Å². The fourth-order valence-corrected chi connectivity index (χ4v) is 1.58. The van der Waals surface area contributed by atoms with Gasteiger partial charge in [0, 0.05) is 0 Å². The lowest BCUT2D eigenvalue weighted by molar-refractivity contribution is 0.331. The molecule has 0 fully saturated rings. The monoisotopic (exact) mass is 202 g/mol. The van der Waals surface area contributed by atoms with Crippen LogP contribution in [0.1, 0.15) is 12.7 Å². The van der Waals surface area contributed by atoms with Crippen LogP contribution in [0.5, 0.6) is 5.75 Å². The quantitative estimate of drug-likeness (QED) is 0.758. The van der Waals surface area contributed by atoms with E-state index in [1.54, 1.807) is 6.26 Å². The van der Waals surface area contributed by atoms with Crippen molar-refractivity contribution in [3.05, 3.63) is 42.4 Å². The first kappa shape index (κ1) is 9.84. The van der Waals surface area contributed by atoms with Crippen molar-refractivity contribution in [2.45, 2.75) is 13.8 Å². The molecule has 2 heteroatoms. The van der Waals surface area contributed by atoms with E-state index >= 15 is 0 Å². The summed E-state index contributed by atoms with van der Waals surface area (Å²) in [6.07, 6.45) is 1.75. The first-order valence-electron chi connectivity index (χ1n) is 5.09. The molecule has 1 heterocycles. The molecule has 2 rings (SSSR count). The zero-order valence-electron chi connectivity index (χ0n) is 8.99. The van der Waals surface area contributed by atoms with Gasteiger partial charge in [0.05, 0.1) is 12.2 Å². The minimum Gasteiger partial charge on any atom is -0.490 e. The Balaban J connectivity index is 2.44. The van der Waals surface area contributed by atoms with E-state index in [1.165, 1.54) is 0 Å². The van der Waals surface area contributed by atoms with Crippen LogP contribution in [0, 0.1) is 6.92 Å². The molecule has 2 aromatic rings.